The van der Waals surface area contributed by atoms with E-state index < -0.39 is 15.9 Å². The van der Waals surface area contributed by atoms with Gasteiger partial charge in [-0.3, -0.25) is 4.79 Å². The lowest BCUT2D eigenvalue weighted by molar-refractivity contribution is 0.0951. The van der Waals surface area contributed by atoms with Crippen LogP contribution in [0.1, 0.15) is 10.5 Å². The number of hydrogen-bond acceptors (Lipinski definition) is 4. The number of nitrogens with zero attached hydrogens (tertiary/aromatic N) is 1. The number of carbonyl (C=O) groups is 1. The van der Waals surface area contributed by atoms with E-state index in [1.807, 2.05) is 0 Å². The molecule has 0 atom stereocenters. The summed E-state index contributed by atoms with van der Waals surface area (Å²) in [6.07, 6.45) is 0. The highest BCUT2D eigenvalue weighted by atomic mass is 35.5. The number of pyridine rings is 1. The first-order valence-electron chi connectivity index (χ1n) is 4.40. The number of hydrogen-bond donors (Lipinski definition) is 2. The molecule has 0 spiro atoms. The lowest BCUT2D eigenvalue weighted by atomic mass is 10.3. The molecule has 0 saturated heterocycles. The molecule has 1 aromatic heterocycles. The second kappa shape index (κ2) is 5.63. The molecule has 0 aliphatic heterocycles. The van der Waals surface area contributed by atoms with Crippen LogP contribution in [0.4, 0.5) is 0 Å². The molecule has 6 nitrogen and oxygen atoms in total. The number of sulfonamides is 1. The Bertz CT molecular complexity index is 533. The molecule has 0 radical (unpaired) electrons. The van der Waals surface area contributed by atoms with E-state index in [0.29, 0.717) is 0 Å². The third-order valence-electron chi connectivity index (χ3n) is 1.70. The molecule has 3 N–H and O–H groups in total. The van der Waals surface area contributed by atoms with E-state index in [0.717, 1.165) is 0 Å². The van der Waals surface area contributed by atoms with Gasteiger partial charge in [0, 0.05) is 6.54 Å². The second-order valence-electron chi connectivity index (χ2n) is 3.09. The van der Waals surface area contributed by atoms with Gasteiger partial charge in [-0.25, -0.2) is 18.5 Å². The Morgan fingerprint density at radius 1 is 1.41 bits per heavy atom. The number of nitrogens with one attached hydrogen (secondary N) is 1. The van der Waals surface area contributed by atoms with Gasteiger partial charge in [0.25, 0.3) is 5.91 Å². The standard InChI is InChI=1S/C8H9Cl2N3O3S/c9-5-1-2-6(10)13-7(5)8(14)12-3-4-17(11,15)16/h1-2H,3-4H2,(H,12,14)(H2,11,15,16). The zero-order chi connectivity index (χ0) is 13.1. The van der Waals surface area contributed by atoms with Crippen molar-refractivity contribution in [3.63, 3.8) is 0 Å². The molecule has 0 fully saturated rings. The normalized spacial score (nSPS) is 11.2. The molecule has 0 saturated carbocycles. The van der Waals surface area contributed by atoms with Gasteiger partial charge in [0.15, 0.2) is 0 Å². The summed E-state index contributed by atoms with van der Waals surface area (Å²) in [6.45, 7) is -0.123. The van der Waals surface area contributed by atoms with Gasteiger partial charge < -0.3 is 5.32 Å². The summed E-state index contributed by atoms with van der Waals surface area (Å²) in [5.74, 6) is -0.974. The highest BCUT2D eigenvalue weighted by molar-refractivity contribution is 7.89. The lowest BCUT2D eigenvalue weighted by Crippen LogP contribution is -2.32. The predicted molar refractivity (Wildman–Crippen MR) is 64.6 cm³/mol. The van der Waals surface area contributed by atoms with Gasteiger partial charge in [0.1, 0.15) is 10.8 Å². The first-order chi connectivity index (χ1) is 7.79. The van der Waals surface area contributed by atoms with Crippen LogP contribution in [-0.4, -0.2) is 31.6 Å². The molecule has 1 heterocycles. The Labute approximate surface area is 108 Å². The van der Waals surface area contributed by atoms with Gasteiger partial charge in [-0.05, 0) is 12.1 Å². The van der Waals surface area contributed by atoms with E-state index in [1.54, 1.807) is 0 Å². The van der Waals surface area contributed by atoms with Gasteiger partial charge in [0.2, 0.25) is 10.0 Å². The molecular weight excluding hydrogens is 289 g/mol. The number of aromatic nitrogens is 1. The van der Waals surface area contributed by atoms with Crippen molar-refractivity contribution >= 4 is 39.1 Å². The summed E-state index contributed by atoms with van der Waals surface area (Å²) >= 11 is 11.3. The molecule has 0 aromatic carbocycles. The first kappa shape index (κ1) is 14.2. The van der Waals surface area contributed by atoms with E-state index in [9.17, 15) is 13.2 Å². The van der Waals surface area contributed by atoms with Crippen molar-refractivity contribution in [3.8, 4) is 0 Å². The fourth-order valence-electron chi connectivity index (χ4n) is 0.968. The van der Waals surface area contributed by atoms with E-state index in [4.69, 9.17) is 28.3 Å². The van der Waals surface area contributed by atoms with Crippen molar-refractivity contribution in [1.29, 1.82) is 0 Å². The van der Waals surface area contributed by atoms with Crippen LogP contribution in [0.2, 0.25) is 10.2 Å². The molecule has 1 amide bonds. The van der Waals surface area contributed by atoms with Crippen LogP contribution in [0.15, 0.2) is 12.1 Å². The van der Waals surface area contributed by atoms with Gasteiger partial charge in [0.05, 0.1) is 10.8 Å². The fourth-order valence-corrected chi connectivity index (χ4v) is 1.69. The Morgan fingerprint density at radius 3 is 2.65 bits per heavy atom. The number of rotatable bonds is 4. The number of nitrogens with two attached hydrogens (primary N) is 1. The molecule has 0 aliphatic carbocycles. The van der Waals surface area contributed by atoms with Gasteiger partial charge in [-0.15, -0.1) is 0 Å². The fraction of sp³-hybridized carbons (Fsp3) is 0.250. The topological polar surface area (TPSA) is 102 Å². The monoisotopic (exact) mass is 297 g/mol. The van der Waals surface area contributed by atoms with Crippen molar-refractivity contribution in [2.75, 3.05) is 12.3 Å². The number of halogens is 2. The van der Waals surface area contributed by atoms with Crippen LogP contribution >= 0.6 is 23.2 Å². The average Bonchev–Trinajstić information content (AvgIpc) is 2.19. The molecule has 0 aliphatic rings. The summed E-state index contributed by atoms with van der Waals surface area (Å²) in [7, 11) is -3.61. The molecule has 0 unspecified atom stereocenters. The van der Waals surface area contributed by atoms with Gasteiger partial charge in [-0.2, -0.15) is 0 Å². The number of carbonyl (C=O) groups excluding carboxylic acids is 1. The number of primary sulfonamides is 1. The highest BCUT2D eigenvalue weighted by Gasteiger charge is 2.13. The van der Waals surface area contributed by atoms with E-state index >= 15 is 0 Å². The quantitative estimate of drug-likeness (QED) is 0.786. The smallest absolute Gasteiger partial charge is 0.271 e. The third kappa shape index (κ3) is 4.86. The summed E-state index contributed by atoms with van der Waals surface area (Å²) in [5.41, 5.74) is -0.0615. The van der Waals surface area contributed by atoms with Gasteiger partial charge in [-0.1, -0.05) is 23.2 Å². The van der Waals surface area contributed by atoms with Gasteiger partial charge >= 0.3 is 0 Å². The molecule has 0 bridgehead atoms. The first-order valence-corrected chi connectivity index (χ1v) is 6.87. The molecule has 9 heteroatoms. The van der Waals surface area contributed by atoms with Crippen molar-refractivity contribution in [1.82, 2.24) is 10.3 Å². The minimum absolute atomic E-state index is 0.0615. The molecule has 1 aromatic rings. The van der Waals surface area contributed by atoms with Crippen molar-refractivity contribution in [2.24, 2.45) is 5.14 Å². The summed E-state index contributed by atoms with van der Waals surface area (Å²) in [5, 5.41) is 7.34. The zero-order valence-corrected chi connectivity index (χ0v) is 10.8. The Hall–Kier alpha value is -0.890. The minimum atomic E-state index is -3.61. The summed E-state index contributed by atoms with van der Waals surface area (Å²) in [6, 6.07) is 2.86. The maximum Gasteiger partial charge on any atom is 0.271 e. The van der Waals surface area contributed by atoms with Crippen LogP contribution in [0.25, 0.3) is 0 Å². The Morgan fingerprint density at radius 2 is 2.06 bits per heavy atom. The van der Waals surface area contributed by atoms with Crippen LogP contribution in [0.3, 0.4) is 0 Å². The third-order valence-corrected chi connectivity index (χ3v) is 2.99. The van der Waals surface area contributed by atoms with Crippen LogP contribution in [-0.2, 0) is 10.0 Å². The molecule has 1 rings (SSSR count). The highest BCUT2D eigenvalue weighted by Crippen LogP contribution is 2.16. The van der Waals surface area contributed by atoms with Crippen molar-refractivity contribution in [3.05, 3.63) is 28.0 Å². The average molecular weight is 298 g/mol. The SMILES string of the molecule is NS(=O)(=O)CCNC(=O)c1nc(Cl)ccc1Cl. The van der Waals surface area contributed by atoms with Crippen molar-refractivity contribution < 1.29 is 13.2 Å². The second-order valence-corrected chi connectivity index (χ2v) is 5.62. The molecule has 94 valence electrons. The van der Waals surface area contributed by atoms with Crippen LogP contribution in [0.5, 0.6) is 0 Å². The van der Waals surface area contributed by atoms with E-state index in [1.165, 1.54) is 12.1 Å². The largest absolute Gasteiger partial charge is 0.350 e. The van der Waals surface area contributed by atoms with E-state index in [-0.39, 0.29) is 28.2 Å². The Balaban J connectivity index is 2.67. The molecular formula is C8H9Cl2N3O3S. The lowest BCUT2D eigenvalue weighted by Gasteiger charge is -2.05. The van der Waals surface area contributed by atoms with E-state index in [2.05, 4.69) is 10.3 Å². The summed E-state index contributed by atoms with van der Waals surface area (Å²) < 4.78 is 21.3. The van der Waals surface area contributed by atoms with Crippen LogP contribution < -0.4 is 10.5 Å². The minimum Gasteiger partial charge on any atom is -0.350 e. The maximum absolute atomic E-state index is 11.6. The van der Waals surface area contributed by atoms with Crippen LogP contribution in [0, 0.1) is 0 Å². The van der Waals surface area contributed by atoms with Crippen molar-refractivity contribution in [2.45, 2.75) is 0 Å². The maximum atomic E-state index is 11.6. The molecule has 17 heavy (non-hydrogen) atoms. The predicted octanol–water partition coefficient (Wildman–Crippen LogP) is 0.407. The summed E-state index contributed by atoms with van der Waals surface area (Å²) in [4.78, 5) is 15.3. The zero-order valence-electron chi connectivity index (χ0n) is 8.48. The Kier molecular flexibility index (Phi) is 4.70. The number of amides is 1.